The Morgan fingerprint density at radius 3 is 2.25 bits per heavy atom. The van der Waals surface area contributed by atoms with Gasteiger partial charge >= 0.3 is 0 Å². The maximum atomic E-state index is 6.08. The Labute approximate surface area is 146 Å². The van der Waals surface area contributed by atoms with Gasteiger partial charge in [-0.1, -0.05) is 29.3 Å². The molecule has 1 aromatic carbocycles. The molecule has 0 saturated heterocycles. The first-order valence-electron chi connectivity index (χ1n) is 7.56. The number of halogens is 1. The third kappa shape index (κ3) is 3.34. The number of hydrogen-bond donors (Lipinski definition) is 1. The summed E-state index contributed by atoms with van der Waals surface area (Å²) in [5.41, 5.74) is 11.0. The summed E-state index contributed by atoms with van der Waals surface area (Å²) in [6.45, 7) is 6.10. The number of nitrogens with zero attached hydrogens (tertiary/aromatic N) is 2. The summed E-state index contributed by atoms with van der Waals surface area (Å²) in [4.78, 5) is 8.34. The topological polar surface area (TPSA) is 61.0 Å². The first-order chi connectivity index (χ1) is 11.4. The summed E-state index contributed by atoms with van der Waals surface area (Å²) in [7, 11) is 0. The zero-order valence-electron chi connectivity index (χ0n) is 13.8. The highest BCUT2D eigenvalue weighted by Gasteiger charge is 2.11. The highest BCUT2D eigenvalue weighted by atomic mass is 35.5. The first-order valence-corrected chi connectivity index (χ1v) is 7.94. The van der Waals surface area contributed by atoms with E-state index in [0.717, 1.165) is 28.0 Å². The minimum atomic E-state index is 0.341. The molecule has 122 valence electrons. The quantitative estimate of drug-likeness (QED) is 0.721. The van der Waals surface area contributed by atoms with Crippen LogP contribution in [0.1, 0.15) is 16.7 Å². The van der Waals surface area contributed by atoms with E-state index < -0.39 is 0 Å². The van der Waals surface area contributed by atoms with E-state index in [9.17, 15) is 0 Å². The minimum Gasteiger partial charge on any atom is -0.453 e. The lowest BCUT2D eigenvalue weighted by Crippen LogP contribution is -1.98. The first kappa shape index (κ1) is 16.3. The van der Waals surface area contributed by atoms with E-state index in [0.29, 0.717) is 16.6 Å². The third-order valence-electron chi connectivity index (χ3n) is 3.74. The normalized spacial score (nSPS) is 10.7. The fourth-order valence-corrected chi connectivity index (χ4v) is 2.88. The fourth-order valence-electron chi connectivity index (χ4n) is 2.70. The van der Waals surface area contributed by atoms with Crippen LogP contribution in [0.25, 0.3) is 11.1 Å². The van der Waals surface area contributed by atoms with E-state index in [-0.39, 0.29) is 0 Å². The van der Waals surface area contributed by atoms with Gasteiger partial charge in [0.1, 0.15) is 5.75 Å². The second kappa shape index (κ2) is 6.49. The van der Waals surface area contributed by atoms with E-state index in [1.165, 1.54) is 5.56 Å². The van der Waals surface area contributed by atoms with Crippen molar-refractivity contribution < 1.29 is 4.74 Å². The number of aromatic nitrogens is 2. The molecule has 0 amide bonds. The Morgan fingerprint density at radius 2 is 1.58 bits per heavy atom. The summed E-state index contributed by atoms with van der Waals surface area (Å²) in [6.07, 6.45) is 5.00. The molecule has 0 atom stereocenters. The molecule has 0 fully saturated rings. The molecule has 5 heteroatoms. The number of hydrogen-bond acceptors (Lipinski definition) is 4. The van der Waals surface area contributed by atoms with Crippen molar-refractivity contribution in [1.82, 2.24) is 9.97 Å². The van der Waals surface area contributed by atoms with Gasteiger partial charge < -0.3 is 10.5 Å². The largest absolute Gasteiger partial charge is 0.453 e. The van der Waals surface area contributed by atoms with Gasteiger partial charge in [0.05, 0.1) is 5.02 Å². The van der Waals surface area contributed by atoms with Gasteiger partial charge in [0.2, 0.25) is 0 Å². The zero-order chi connectivity index (χ0) is 17.3. The van der Waals surface area contributed by atoms with Gasteiger partial charge in [-0.05, 0) is 44.0 Å². The number of nitrogens with two attached hydrogens (primary N) is 1. The molecule has 0 radical (unpaired) electrons. The minimum absolute atomic E-state index is 0.341. The molecule has 0 aliphatic rings. The van der Waals surface area contributed by atoms with Crippen LogP contribution in [0.2, 0.25) is 5.02 Å². The highest BCUT2D eigenvalue weighted by Crippen LogP contribution is 2.34. The van der Waals surface area contributed by atoms with E-state index in [4.69, 9.17) is 22.1 Å². The number of aryl methyl sites for hydroxylation is 3. The van der Waals surface area contributed by atoms with Crippen LogP contribution in [0.3, 0.4) is 0 Å². The molecular formula is C19H18ClN3O. The van der Waals surface area contributed by atoms with Crippen LogP contribution in [0.15, 0.2) is 42.9 Å². The Bertz CT molecular complexity index is 886. The van der Waals surface area contributed by atoms with Crippen LogP contribution in [0.5, 0.6) is 11.5 Å². The molecule has 0 saturated carbocycles. The average molecular weight is 340 g/mol. The fraction of sp³-hybridized carbons (Fsp3) is 0.158. The lowest BCUT2D eigenvalue weighted by atomic mass is 10.1. The molecule has 3 aromatic rings. The molecule has 0 bridgehead atoms. The van der Waals surface area contributed by atoms with Crippen molar-refractivity contribution in [2.24, 2.45) is 0 Å². The van der Waals surface area contributed by atoms with E-state index >= 15 is 0 Å². The molecule has 0 spiro atoms. The smallest absolute Gasteiger partial charge is 0.170 e. The standard InChI is InChI=1S/C19H18ClN3O/c1-11-4-12(2)18(13(3)5-11)24-17-7-15(9-23-19(17)21)14-6-16(20)10-22-8-14/h4-10H,1-3H3,(H2,21,23). The van der Waals surface area contributed by atoms with Crippen molar-refractivity contribution in [3.8, 4) is 22.6 Å². The summed E-state index contributed by atoms with van der Waals surface area (Å²) < 4.78 is 6.08. The molecule has 0 aliphatic heterocycles. The predicted octanol–water partition coefficient (Wildman–Crippen LogP) is 5.10. The van der Waals surface area contributed by atoms with Gasteiger partial charge in [-0.15, -0.1) is 0 Å². The van der Waals surface area contributed by atoms with Crippen molar-refractivity contribution in [1.29, 1.82) is 0 Å². The summed E-state index contributed by atoms with van der Waals surface area (Å²) in [5, 5.41) is 0.567. The summed E-state index contributed by atoms with van der Waals surface area (Å²) in [5.74, 6) is 1.66. The molecule has 24 heavy (non-hydrogen) atoms. The Kier molecular flexibility index (Phi) is 4.40. The molecule has 0 aliphatic carbocycles. The lowest BCUT2D eigenvalue weighted by molar-refractivity contribution is 0.475. The third-order valence-corrected chi connectivity index (χ3v) is 3.94. The number of benzene rings is 1. The van der Waals surface area contributed by atoms with Crippen LogP contribution in [0, 0.1) is 20.8 Å². The SMILES string of the molecule is Cc1cc(C)c(Oc2cc(-c3cncc(Cl)c3)cnc2N)c(C)c1. The second-order valence-corrected chi connectivity index (χ2v) is 6.27. The Balaban J connectivity index is 2.02. The molecule has 4 nitrogen and oxygen atoms in total. The van der Waals surface area contributed by atoms with Crippen LogP contribution in [-0.4, -0.2) is 9.97 Å². The van der Waals surface area contributed by atoms with Gasteiger partial charge in [-0.3, -0.25) is 4.98 Å². The maximum Gasteiger partial charge on any atom is 0.170 e. The highest BCUT2D eigenvalue weighted by molar-refractivity contribution is 6.30. The second-order valence-electron chi connectivity index (χ2n) is 5.83. The Hall–Kier alpha value is -2.59. The van der Waals surface area contributed by atoms with Crippen LogP contribution < -0.4 is 10.5 Å². The monoisotopic (exact) mass is 339 g/mol. The van der Waals surface area contributed by atoms with Crippen LogP contribution >= 0.6 is 11.6 Å². The zero-order valence-corrected chi connectivity index (χ0v) is 14.6. The van der Waals surface area contributed by atoms with Gasteiger partial charge in [-0.2, -0.15) is 0 Å². The predicted molar refractivity (Wildman–Crippen MR) is 97.6 cm³/mol. The van der Waals surface area contributed by atoms with Gasteiger partial charge in [0.25, 0.3) is 0 Å². The van der Waals surface area contributed by atoms with Crippen LogP contribution in [-0.2, 0) is 0 Å². The number of anilines is 1. The van der Waals surface area contributed by atoms with Crippen molar-refractivity contribution in [3.05, 3.63) is 64.6 Å². The molecule has 2 N–H and O–H groups in total. The molecule has 2 heterocycles. The van der Waals surface area contributed by atoms with Gasteiger partial charge in [0, 0.05) is 29.7 Å². The van der Waals surface area contributed by atoms with Gasteiger partial charge in [-0.25, -0.2) is 4.98 Å². The van der Waals surface area contributed by atoms with E-state index in [2.05, 4.69) is 29.0 Å². The van der Waals surface area contributed by atoms with E-state index in [1.54, 1.807) is 18.6 Å². The number of nitrogen functional groups attached to an aromatic ring is 1. The molecular weight excluding hydrogens is 322 g/mol. The Morgan fingerprint density at radius 1 is 0.917 bits per heavy atom. The molecule has 2 aromatic heterocycles. The summed E-state index contributed by atoms with van der Waals surface area (Å²) in [6, 6.07) is 7.84. The average Bonchev–Trinajstić information content (AvgIpc) is 2.52. The number of pyridine rings is 2. The molecule has 0 unspecified atom stereocenters. The van der Waals surface area contributed by atoms with Crippen molar-refractivity contribution in [3.63, 3.8) is 0 Å². The summed E-state index contributed by atoms with van der Waals surface area (Å²) >= 11 is 6.01. The molecule has 3 rings (SSSR count). The number of ether oxygens (including phenoxy) is 1. The van der Waals surface area contributed by atoms with Crippen LogP contribution in [0.4, 0.5) is 5.82 Å². The number of rotatable bonds is 3. The lowest BCUT2D eigenvalue weighted by Gasteiger charge is -2.14. The van der Waals surface area contributed by atoms with Crippen molar-refractivity contribution in [2.45, 2.75) is 20.8 Å². The van der Waals surface area contributed by atoms with Crippen molar-refractivity contribution in [2.75, 3.05) is 5.73 Å². The van der Waals surface area contributed by atoms with Gasteiger partial charge in [0.15, 0.2) is 11.6 Å². The van der Waals surface area contributed by atoms with Crippen molar-refractivity contribution >= 4 is 17.4 Å². The maximum absolute atomic E-state index is 6.08. The van der Waals surface area contributed by atoms with E-state index in [1.807, 2.05) is 26.0 Å².